The molecule has 1 aliphatic heterocycles. The number of amides is 1. The third-order valence-electron chi connectivity index (χ3n) is 4.04. The molecule has 1 fully saturated rings. The zero-order chi connectivity index (χ0) is 18.1. The molecule has 132 valence electrons. The minimum Gasteiger partial charge on any atom is -0.479 e. The van der Waals surface area contributed by atoms with Gasteiger partial charge in [-0.2, -0.15) is 5.10 Å². The second-order valence-electron chi connectivity index (χ2n) is 6.03. The van der Waals surface area contributed by atoms with E-state index in [0.717, 1.165) is 5.69 Å². The van der Waals surface area contributed by atoms with Gasteiger partial charge in [0.05, 0.1) is 29.6 Å². The number of carbonyl (C=O) groups is 2. The summed E-state index contributed by atoms with van der Waals surface area (Å²) in [4.78, 5) is 25.5. The number of aryl methyl sites for hydroxylation is 1. The summed E-state index contributed by atoms with van der Waals surface area (Å²) in [5.41, 5.74) is 1.80. The summed E-state index contributed by atoms with van der Waals surface area (Å²) < 4.78 is 6.96. The van der Waals surface area contributed by atoms with Gasteiger partial charge in [-0.15, -0.1) is 0 Å². The van der Waals surface area contributed by atoms with E-state index >= 15 is 0 Å². The van der Waals surface area contributed by atoms with Gasteiger partial charge in [0.15, 0.2) is 6.10 Å². The van der Waals surface area contributed by atoms with Gasteiger partial charge >= 0.3 is 5.97 Å². The Balaban J connectivity index is 1.85. The first-order valence-electron chi connectivity index (χ1n) is 7.85. The Morgan fingerprint density at radius 2 is 1.96 bits per heavy atom. The number of hydrogen-bond donors (Lipinski definition) is 1. The molecule has 0 aliphatic carbocycles. The number of carbonyl (C=O) groups excluding carboxylic acids is 1. The maximum Gasteiger partial charge on any atom is 0.334 e. The molecule has 0 radical (unpaired) electrons. The molecule has 1 aliphatic rings. The van der Waals surface area contributed by atoms with Gasteiger partial charge in [-0.25, -0.2) is 9.48 Å². The van der Waals surface area contributed by atoms with E-state index in [0.29, 0.717) is 22.8 Å². The summed E-state index contributed by atoms with van der Waals surface area (Å²) in [5.74, 6) is -1.32. The molecule has 2 aromatic rings. The second kappa shape index (κ2) is 6.85. The lowest BCUT2D eigenvalue weighted by Crippen LogP contribution is -2.51. The van der Waals surface area contributed by atoms with Crippen molar-refractivity contribution >= 4 is 23.5 Å². The summed E-state index contributed by atoms with van der Waals surface area (Å²) in [6.07, 6.45) is 0.293. The molecule has 2 atom stereocenters. The van der Waals surface area contributed by atoms with Gasteiger partial charge in [0, 0.05) is 17.8 Å². The van der Waals surface area contributed by atoms with Gasteiger partial charge in [0.2, 0.25) is 0 Å². The van der Waals surface area contributed by atoms with Gasteiger partial charge in [0.1, 0.15) is 0 Å². The third kappa shape index (κ3) is 3.67. The first-order valence-corrected chi connectivity index (χ1v) is 8.22. The van der Waals surface area contributed by atoms with Crippen LogP contribution in [0, 0.1) is 6.92 Å². The fraction of sp³-hybridized carbons (Fsp3) is 0.353. The lowest BCUT2D eigenvalue weighted by Gasteiger charge is -2.34. The lowest BCUT2D eigenvalue weighted by atomic mass is 10.1. The van der Waals surface area contributed by atoms with Crippen LogP contribution in [0.15, 0.2) is 30.5 Å². The van der Waals surface area contributed by atoms with E-state index in [1.54, 1.807) is 49.0 Å². The van der Waals surface area contributed by atoms with Gasteiger partial charge in [-0.3, -0.25) is 4.79 Å². The molecule has 0 saturated carbocycles. The van der Waals surface area contributed by atoms with Gasteiger partial charge in [-0.05, 0) is 38.1 Å². The smallest absolute Gasteiger partial charge is 0.334 e. The average molecular weight is 364 g/mol. The number of carboxylic acids is 1. The molecule has 1 amide bonds. The first-order chi connectivity index (χ1) is 11.8. The molecule has 1 aromatic carbocycles. The molecule has 0 bridgehead atoms. The molecular weight excluding hydrogens is 346 g/mol. The number of nitrogens with zero attached hydrogens (tertiary/aromatic N) is 3. The predicted octanol–water partition coefficient (Wildman–Crippen LogP) is 2.15. The van der Waals surface area contributed by atoms with Crippen molar-refractivity contribution < 1.29 is 19.4 Å². The maximum absolute atomic E-state index is 12.8. The highest BCUT2D eigenvalue weighted by molar-refractivity contribution is 6.30. The van der Waals surface area contributed by atoms with Crippen molar-refractivity contribution in [1.82, 2.24) is 14.7 Å². The largest absolute Gasteiger partial charge is 0.479 e. The average Bonchev–Trinajstić information content (AvgIpc) is 2.96. The number of carboxylic acid groups (broad SMARTS) is 1. The van der Waals surface area contributed by atoms with Crippen LogP contribution in [0.2, 0.25) is 5.02 Å². The number of hydrogen-bond acceptors (Lipinski definition) is 4. The van der Waals surface area contributed by atoms with Crippen LogP contribution in [-0.4, -0.2) is 57.0 Å². The Labute approximate surface area is 149 Å². The van der Waals surface area contributed by atoms with Crippen LogP contribution < -0.4 is 0 Å². The van der Waals surface area contributed by atoms with E-state index in [-0.39, 0.29) is 18.6 Å². The Bertz CT molecular complexity index is 803. The van der Waals surface area contributed by atoms with Crippen LogP contribution in [0.25, 0.3) is 5.69 Å². The summed E-state index contributed by atoms with van der Waals surface area (Å²) in [5, 5.41) is 14.2. The van der Waals surface area contributed by atoms with E-state index in [1.807, 2.05) is 0 Å². The molecule has 1 N–H and O–H groups in total. The van der Waals surface area contributed by atoms with Crippen molar-refractivity contribution in [3.8, 4) is 5.69 Å². The van der Waals surface area contributed by atoms with E-state index in [9.17, 15) is 9.59 Å². The first kappa shape index (κ1) is 17.4. The number of aliphatic carboxylic acids is 1. The number of rotatable bonds is 3. The normalized spacial score (nSPS) is 20.5. The van der Waals surface area contributed by atoms with E-state index in [4.69, 9.17) is 21.4 Å². The number of benzene rings is 1. The topological polar surface area (TPSA) is 84.7 Å². The van der Waals surface area contributed by atoms with Crippen molar-refractivity contribution in [2.75, 3.05) is 13.1 Å². The van der Waals surface area contributed by atoms with Crippen LogP contribution in [-0.2, 0) is 9.53 Å². The quantitative estimate of drug-likeness (QED) is 0.903. The standard InChI is InChI=1S/C17H18ClN3O4/c1-10-7-20(9-15(25-10)17(23)24)16(22)14-8-21(19-11(14)2)13-5-3-12(18)4-6-13/h3-6,8,10,15H,7,9H2,1-2H3,(H,23,24)/t10-,15?/m1/s1. The molecule has 25 heavy (non-hydrogen) atoms. The Morgan fingerprint density at radius 3 is 2.60 bits per heavy atom. The van der Waals surface area contributed by atoms with Crippen molar-refractivity contribution in [3.05, 3.63) is 46.7 Å². The summed E-state index contributed by atoms with van der Waals surface area (Å²) >= 11 is 5.89. The lowest BCUT2D eigenvalue weighted by molar-refractivity contribution is -0.160. The minimum absolute atomic E-state index is 0.0179. The second-order valence-corrected chi connectivity index (χ2v) is 6.47. The number of morpholine rings is 1. The molecule has 8 heteroatoms. The predicted molar refractivity (Wildman–Crippen MR) is 91.2 cm³/mol. The highest BCUT2D eigenvalue weighted by Crippen LogP contribution is 2.19. The Hall–Kier alpha value is -2.38. The van der Waals surface area contributed by atoms with Gasteiger partial charge in [0.25, 0.3) is 5.91 Å². The minimum atomic E-state index is -1.07. The molecule has 1 aromatic heterocycles. The van der Waals surface area contributed by atoms with Crippen LogP contribution in [0.1, 0.15) is 23.0 Å². The fourth-order valence-electron chi connectivity index (χ4n) is 2.82. The van der Waals surface area contributed by atoms with Crippen molar-refractivity contribution in [3.63, 3.8) is 0 Å². The Kier molecular flexibility index (Phi) is 4.78. The zero-order valence-corrected chi connectivity index (χ0v) is 14.6. The van der Waals surface area contributed by atoms with Gasteiger partial charge < -0.3 is 14.7 Å². The number of halogens is 1. The fourth-order valence-corrected chi connectivity index (χ4v) is 2.95. The van der Waals surface area contributed by atoms with E-state index in [2.05, 4.69) is 5.10 Å². The molecule has 3 rings (SSSR count). The zero-order valence-electron chi connectivity index (χ0n) is 13.8. The summed E-state index contributed by atoms with van der Waals surface area (Å²) in [6, 6.07) is 7.10. The summed E-state index contributed by atoms with van der Waals surface area (Å²) in [7, 11) is 0. The van der Waals surface area contributed by atoms with Crippen molar-refractivity contribution in [1.29, 1.82) is 0 Å². The summed E-state index contributed by atoms with van der Waals surface area (Å²) in [6.45, 7) is 3.86. The Morgan fingerprint density at radius 1 is 1.28 bits per heavy atom. The number of ether oxygens (including phenoxy) is 1. The highest BCUT2D eigenvalue weighted by atomic mass is 35.5. The SMILES string of the molecule is Cc1nn(-c2ccc(Cl)cc2)cc1C(=O)N1CC(C(=O)O)O[C@H](C)C1. The van der Waals surface area contributed by atoms with Gasteiger partial charge in [-0.1, -0.05) is 11.6 Å². The molecule has 7 nitrogen and oxygen atoms in total. The van der Waals surface area contributed by atoms with Crippen LogP contribution >= 0.6 is 11.6 Å². The monoisotopic (exact) mass is 363 g/mol. The molecule has 2 heterocycles. The van der Waals surface area contributed by atoms with E-state index in [1.165, 1.54) is 4.90 Å². The van der Waals surface area contributed by atoms with Crippen molar-refractivity contribution in [2.24, 2.45) is 0 Å². The number of aromatic nitrogens is 2. The van der Waals surface area contributed by atoms with Crippen LogP contribution in [0.4, 0.5) is 0 Å². The third-order valence-corrected chi connectivity index (χ3v) is 4.30. The van der Waals surface area contributed by atoms with E-state index < -0.39 is 12.1 Å². The van der Waals surface area contributed by atoms with Crippen LogP contribution in [0.3, 0.4) is 0 Å². The molecule has 1 saturated heterocycles. The van der Waals surface area contributed by atoms with Crippen LogP contribution in [0.5, 0.6) is 0 Å². The van der Waals surface area contributed by atoms with Crippen molar-refractivity contribution in [2.45, 2.75) is 26.1 Å². The molecule has 0 spiro atoms. The maximum atomic E-state index is 12.8. The molecular formula is C17H18ClN3O4. The molecule has 1 unspecified atom stereocenters. The highest BCUT2D eigenvalue weighted by Gasteiger charge is 2.34.